The fourth-order valence-electron chi connectivity index (χ4n) is 4.21. The number of rotatable bonds is 5. The molecule has 150 valence electrons. The van der Waals surface area contributed by atoms with Crippen molar-refractivity contribution in [1.29, 1.82) is 0 Å². The zero-order valence-electron chi connectivity index (χ0n) is 16.2. The second kappa shape index (κ2) is 7.73. The Morgan fingerprint density at radius 3 is 2.66 bits per heavy atom. The van der Waals surface area contributed by atoms with E-state index in [2.05, 4.69) is 15.3 Å². The van der Waals surface area contributed by atoms with Gasteiger partial charge in [-0.15, -0.1) is 0 Å². The number of nitrogens with one attached hydrogen (secondary N) is 1. The Balaban J connectivity index is 1.60. The van der Waals surface area contributed by atoms with Crippen molar-refractivity contribution in [3.05, 3.63) is 77.5 Å². The van der Waals surface area contributed by atoms with Crippen LogP contribution in [0.3, 0.4) is 0 Å². The van der Waals surface area contributed by atoms with Crippen LogP contribution in [0.2, 0.25) is 0 Å². The first kappa shape index (κ1) is 19.2. The quantitative estimate of drug-likeness (QED) is 0.710. The van der Waals surface area contributed by atoms with Gasteiger partial charge < -0.3 is 5.32 Å². The molecule has 0 unspecified atom stereocenters. The highest BCUT2D eigenvalue weighted by Gasteiger charge is 2.44. The zero-order valence-corrected chi connectivity index (χ0v) is 16.2. The van der Waals surface area contributed by atoms with Crippen molar-refractivity contribution < 1.29 is 13.6 Å². The lowest BCUT2D eigenvalue weighted by atomic mass is 9.77. The highest BCUT2D eigenvalue weighted by atomic mass is 19.1. The monoisotopic (exact) mass is 396 g/mol. The predicted octanol–water partition coefficient (Wildman–Crippen LogP) is 3.98. The Morgan fingerprint density at radius 1 is 1.17 bits per heavy atom. The summed E-state index contributed by atoms with van der Waals surface area (Å²) in [7, 11) is 0. The molecule has 2 heterocycles. The molecule has 0 atom stereocenters. The third-order valence-corrected chi connectivity index (χ3v) is 5.70. The maximum atomic E-state index is 14.5. The highest BCUT2D eigenvalue weighted by molar-refractivity contribution is 5.88. The number of carbonyl (C=O) groups excluding carboxylic acids is 1. The molecule has 1 fully saturated rings. The van der Waals surface area contributed by atoms with Gasteiger partial charge in [0.15, 0.2) is 0 Å². The summed E-state index contributed by atoms with van der Waals surface area (Å²) in [4.78, 5) is 21.9. The van der Waals surface area contributed by atoms with Crippen molar-refractivity contribution in [3.63, 3.8) is 0 Å². The largest absolute Gasteiger partial charge is 0.351 e. The summed E-state index contributed by atoms with van der Waals surface area (Å²) >= 11 is 0. The third kappa shape index (κ3) is 3.52. The first-order chi connectivity index (χ1) is 14.0. The Kier molecular flexibility index (Phi) is 5.13. The SMILES string of the molecule is Cc1nccn1-c1ncccc1CNC(=O)C1(c2ccc(F)cc2F)CCCC1. The number of imidazole rings is 1. The number of benzene rings is 1. The summed E-state index contributed by atoms with van der Waals surface area (Å²) in [5.41, 5.74) is 0.130. The van der Waals surface area contributed by atoms with E-state index in [9.17, 15) is 13.6 Å². The number of amides is 1. The van der Waals surface area contributed by atoms with Crippen LogP contribution in [0.1, 0.15) is 42.6 Å². The van der Waals surface area contributed by atoms with E-state index in [0.29, 0.717) is 18.7 Å². The van der Waals surface area contributed by atoms with Crippen LogP contribution < -0.4 is 5.32 Å². The van der Waals surface area contributed by atoms with Gasteiger partial charge in [0.2, 0.25) is 5.91 Å². The topological polar surface area (TPSA) is 59.8 Å². The number of aromatic nitrogens is 3. The Hall–Kier alpha value is -3.09. The van der Waals surface area contributed by atoms with Crippen LogP contribution in [-0.4, -0.2) is 20.4 Å². The molecule has 3 aromatic rings. The van der Waals surface area contributed by atoms with Gasteiger partial charge in [0.1, 0.15) is 23.3 Å². The van der Waals surface area contributed by atoms with Crippen LogP contribution in [0.5, 0.6) is 0 Å². The van der Waals surface area contributed by atoms with E-state index in [1.54, 1.807) is 12.4 Å². The maximum Gasteiger partial charge on any atom is 0.231 e. The molecule has 0 bridgehead atoms. The molecule has 7 heteroatoms. The van der Waals surface area contributed by atoms with Crippen molar-refractivity contribution >= 4 is 5.91 Å². The van der Waals surface area contributed by atoms with E-state index in [1.807, 2.05) is 29.8 Å². The van der Waals surface area contributed by atoms with Gasteiger partial charge in [-0.25, -0.2) is 18.7 Å². The molecule has 29 heavy (non-hydrogen) atoms. The van der Waals surface area contributed by atoms with Crippen LogP contribution in [0.4, 0.5) is 8.78 Å². The van der Waals surface area contributed by atoms with Crippen LogP contribution in [0.15, 0.2) is 48.9 Å². The number of pyridine rings is 1. The van der Waals surface area contributed by atoms with Gasteiger partial charge in [-0.2, -0.15) is 0 Å². The lowest BCUT2D eigenvalue weighted by Gasteiger charge is -2.29. The standard InChI is InChI=1S/C22H22F2N4O/c1-15-25-11-12-28(15)20-16(5-4-10-26-20)14-27-21(29)22(8-2-3-9-22)18-7-6-17(23)13-19(18)24/h4-7,10-13H,2-3,8-9,14H2,1H3,(H,27,29). The highest BCUT2D eigenvalue weighted by Crippen LogP contribution is 2.42. The Morgan fingerprint density at radius 2 is 1.97 bits per heavy atom. The van der Waals surface area contributed by atoms with Crippen molar-refractivity contribution in [2.45, 2.75) is 44.6 Å². The molecule has 1 N–H and O–H groups in total. The van der Waals surface area contributed by atoms with Crippen molar-refractivity contribution in [2.75, 3.05) is 0 Å². The van der Waals surface area contributed by atoms with Gasteiger partial charge in [-0.05, 0) is 31.9 Å². The number of carbonyl (C=O) groups is 1. The predicted molar refractivity (Wildman–Crippen MR) is 104 cm³/mol. The van der Waals surface area contributed by atoms with Crippen LogP contribution in [0.25, 0.3) is 5.82 Å². The molecule has 0 spiro atoms. The molecule has 1 amide bonds. The maximum absolute atomic E-state index is 14.5. The van der Waals surface area contributed by atoms with Crippen molar-refractivity contribution in [2.24, 2.45) is 0 Å². The summed E-state index contributed by atoms with van der Waals surface area (Å²) in [5.74, 6) is -0.0699. The smallest absolute Gasteiger partial charge is 0.231 e. The number of aryl methyl sites for hydroxylation is 1. The van der Waals surface area contributed by atoms with Crippen molar-refractivity contribution in [1.82, 2.24) is 19.9 Å². The number of hydrogen-bond acceptors (Lipinski definition) is 3. The first-order valence-corrected chi connectivity index (χ1v) is 9.69. The lowest BCUT2D eigenvalue weighted by Crippen LogP contribution is -2.43. The molecule has 1 aromatic carbocycles. The summed E-state index contributed by atoms with van der Waals surface area (Å²) < 4.78 is 29.8. The average molecular weight is 396 g/mol. The van der Waals surface area contributed by atoms with Gasteiger partial charge in [0, 0.05) is 42.3 Å². The zero-order chi connectivity index (χ0) is 20.4. The molecule has 4 rings (SSSR count). The van der Waals surface area contributed by atoms with E-state index in [4.69, 9.17) is 0 Å². The summed E-state index contributed by atoms with van der Waals surface area (Å²) in [5, 5.41) is 2.97. The molecular formula is C22H22F2N4O. The Bertz CT molecular complexity index is 1040. The number of hydrogen-bond donors (Lipinski definition) is 1. The molecule has 0 radical (unpaired) electrons. The fraction of sp³-hybridized carbons (Fsp3) is 0.318. The molecule has 0 aliphatic heterocycles. The normalized spacial score (nSPS) is 15.4. The molecule has 1 aliphatic rings. The number of halogens is 2. The van der Waals surface area contributed by atoms with Crippen LogP contribution in [0, 0.1) is 18.6 Å². The summed E-state index contributed by atoms with van der Waals surface area (Å²) in [6.07, 6.45) is 7.94. The molecule has 2 aromatic heterocycles. The van der Waals surface area contributed by atoms with E-state index < -0.39 is 17.0 Å². The summed E-state index contributed by atoms with van der Waals surface area (Å²) in [6, 6.07) is 7.17. The molecule has 1 aliphatic carbocycles. The van der Waals surface area contributed by atoms with Crippen LogP contribution in [-0.2, 0) is 16.8 Å². The van der Waals surface area contributed by atoms with Gasteiger partial charge in [-0.1, -0.05) is 25.0 Å². The minimum Gasteiger partial charge on any atom is -0.351 e. The molecule has 5 nitrogen and oxygen atoms in total. The molecule has 1 saturated carbocycles. The number of nitrogens with zero attached hydrogens (tertiary/aromatic N) is 3. The van der Waals surface area contributed by atoms with E-state index in [0.717, 1.165) is 30.3 Å². The average Bonchev–Trinajstić information content (AvgIpc) is 3.36. The van der Waals surface area contributed by atoms with Gasteiger partial charge in [0.25, 0.3) is 0 Å². The summed E-state index contributed by atoms with van der Waals surface area (Å²) in [6.45, 7) is 2.13. The van der Waals surface area contributed by atoms with Gasteiger partial charge in [-0.3, -0.25) is 9.36 Å². The van der Waals surface area contributed by atoms with E-state index in [1.165, 1.54) is 12.1 Å². The minimum absolute atomic E-state index is 0.238. The third-order valence-electron chi connectivity index (χ3n) is 5.70. The second-order valence-electron chi connectivity index (χ2n) is 7.43. The van der Waals surface area contributed by atoms with E-state index in [-0.39, 0.29) is 18.0 Å². The second-order valence-corrected chi connectivity index (χ2v) is 7.43. The van der Waals surface area contributed by atoms with Crippen LogP contribution >= 0.6 is 0 Å². The molecule has 0 saturated heterocycles. The first-order valence-electron chi connectivity index (χ1n) is 9.69. The van der Waals surface area contributed by atoms with E-state index >= 15 is 0 Å². The van der Waals surface area contributed by atoms with Gasteiger partial charge in [0.05, 0.1) is 5.41 Å². The minimum atomic E-state index is -0.967. The van der Waals surface area contributed by atoms with Crippen molar-refractivity contribution in [3.8, 4) is 5.82 Å². The van der Waals surface area contributed by atoms with Gasteiger partial charge >= 0.3 is 0 Å². The lowest BCUT2D eigenvalue weighted by molar-refractivity contribution is -0.126. The fourth-order valence-corrected chi connectivity index (χ4v) is 4.21. The Labute approximate surface area is 167 Å². The molecular weight excluding hydrogens is 374 g/mol.